The molecule has 0 unspecified atom stereocenters. The van der Waals surface area contributed by atoms with Crippen LogP contribution in [-0.4, -0.2) is 28.3 Å². The summed E-state index contributed by atoms with van der Waals surface area (Å²) >= 11 is 0. The number of carbonyl (C=O) groups is 2. The van der Waals surface area contributed by atoms with Crippen LogP contribution in [0, 0.1) is 6.92 Å². The fourth-order valence-electron chi connectivity index (χ4n) is 1.85. The van der Waals surface area contributed by atoms with Gasteiger partial charge in [0.2, 0.25) is 5.91 Å². The number of nitrogens with one attached hydrogen (secondary N) is 2. The minimum Gasteiger partial charge on any atom is -0.351 e. The maximum absolute atomic E-state index is 11.9. The van der Waals surface area contributed by atoms with Crippen LogP contribution in [0.3, 0.4) is 0 Å². The molecule has 0 aliphatic heterocycles. The van der Waals surface area contributed by atoms with Crippen molar-refractivity contribution in [3.8, 4) is 0 Å². The summed E-state index contributed by atoms with van der Waals surface area (Å²) in [7, 11) is 0. The molecule has 6 nitrogen and oxygen atoms in total. The monoisotopic (exact) mass is 298 g/mol. The maximum atomic E-state index is 11.9. The van der Waals surface area contributed by atoms with Gasteiger partial charge in [0.05, 0.1) is 17.8 Å². The molecule has 0 saturated carbocycles. The van der Waals surface area contributed by atoms with Gasteiger partial charge in [-0.15, -0.1) is 0 Å². The van der Waals surface area contributed by atoms with E-state index in [0.29, 0.717) is 12.1 Å². The number of nitrogens with zero attached hydrogens (tertiary/aromatic N) is 2. The van der Waals surface area contributed by atoms with Gasteiger partial charge in [0, 0.05) is 31.6 Å². The maximum Gasteiger partial charge on any atom is 0.252 e. The molecule has 2 rings (SSSR count). The van der Waals surface area contributed by atoms with Gasteiger partial charge in [0.1, 0.15) is 0 Å². The molecule has 2 amide bonds. The molecule has 114 valence electrons. The zero-order valence-electron chi connectivity index (χ0n) is 12.4. The summed E-state index contributed by atoms with van der Waals surface area (Å²) in [6, 6.07) is 7.28. The van der Waals surface area contributed by atoms with Crippen molar-refractivity contribution in [2.24, 2.45) is 0 Å². The van der Waals surface area contributed by atoms with Crippen LogP contribution in [-0.2, 0) is 11.3 Å². The molecular weight excluding hydrogens is 280 g/mol. The molecule has 2 heterocycles. The SMILES string of the molecule is Cc1cncc(C(=O)NCCC(=O)NCc2ccccn2)c1. The van der Waals surface area contributed by atoms with Gasteiger partial charge in [-0.1, -0.05) is 6.07 Å². The van der Waals surface area contributed by atoms with Crippen molar-refractivity contribution >= 4 is 11.8 Å². The molecule has 2 aromatic rings. The van der Waals surface area contributed by atoms with Crippen molar-refractivity contribution in [1.82, 2.24) is 20.6 Å². The van der Waals surface area contributed by atoms with Gasteiger partial charge < -0.3 is 10.6 Å². The molecule has 0 radical (unpaired) electrons. The Morgan fingerprint density at radius 3 is 2.77 bits per heavy atom. The van der Waals surface area contributed by atoms with Gasteiger partial charge in [-0.25, -0.2) is 0 Å². The average molecular weight is 298 g/mol. The second kappa shape index (κ2) is 7.87. The normalized spacial score (nSPS) is 10.0. The lowest BCUT2D eigenvalue weighted by Crippen LogP contribution is -2.30. The van der Waals surface area contributed by atoms with Crippen molar-refractivity contribution in [2.45, 2.75) is 19.9 Å². The predicted molar refractivity (Wildman–Crippen MR) is 82.0 cm³/mol. The molecule has 22 heavy (non-hydrogen) atoms. The molecule has 0 bridgehead atoms. The van der Waals surface area contributed by atoms with Gasteiger partial charge in [-0.05, 0) is 30.7 Å². The topological polar surface area (TPSA) is 84.0 Å². The number of aromatic nitrogens is 2. The standard InChI is InChI=1S/C16H18N4O2/c1-12-8-13(10-17-9-12)16(22)19-7-5-15(21)20-11-14-4-2-3-6-18-14/h2-4,6,8-10H,5,7,11H2,1H3,(H,19,22)(H,20,21). The molecule has 0 aliphatic rings. The third kappa shape index (κ3) is 4.97. The lowest BCUT2D eigenvalue weighted by atomic mass is 10.2. The zero-order valence-corrected chi connectivity index (χ0v) is 12.4. The second-order valence-electron chi connectivity index (χ2n) is 4.85. The van der Waals surface area contributed by atoms with Crippen LogP contribution >= 0.6 is 0 Å². The lowest BCUT2D eigenvalue weighted by molar-refractivity contribution is -0.121. The smallest absolute Gasteiger partial charge is 0.252 e. The van der Waals surface area contributed by atoms with Crippen molar-refractivity contribution in [2.75, 3.05) is 6.54 Å². The Balaban J connectivity index is 1.69. The first-order valence-corrected chi connectivity index (χ1v) is 7.01. The van der Waals surface area contributed by atoms with Gasteiger partial charge in [0.15, 0.2) is 0 Å². The van der Waals surface area contributed by atoms with Gasteiger partial charge in [0.25, 0.3) is 5.91 Å². The first kappa shape index (κ1) is 15.6. The zero-order chi connectivity index (χ0) is 15.8. The number of carbonyl (C=O) groups excluding carboxylic acids is 2. The Morgan fingerprint density at radius 2 is 2.05 bits per heavy atom. The van der Waals surface area contributed by atoms with Crippen LogP contribution in [0.1, 0.15) is 28.0 Å². The van der Waals surface area contributed by atoms with E-state index < -0.39 is 0 Å². The fourth-order valence-corrected chi connectivity index (χ4v) is 1.85. The first-order valence-electron chi connectivity index (χ1n) is 7.01. The van der Waals surface area contributed by atoms with E-state index in [-0.39, 0.29) is 24.8 Å². The van der Waals surface area contributed by atoms with E-state index in [2.05, 4.69) is 20.6 Å². The molecule has 6 heteroatoms. The van der Waals surface area contributed by atoms with E-state index in [1.807, 2.05) is 25.1 Å². The summed E-state index contributed by atoms with van der Waals surface area (Å²) in [5.74, 6) is -0.359. The Kier molecular flexibility index (Phi) is 5.59. The van der Waals surface area contributed by atoms with E-state index in [4.69, 9.17) is 0 Å². The molecule has 0 aliphatic carbocycles. The number of hydrogen-bond donors (Lipinski definition) is 2. The summed E-state index contributed by atoms with van der Waals surface area (Å²) in [5, 5.41) is 5.46. The van der Waals surface area contributed by atoms with Crippen LogP contribution < -0.4 is 10.6 Å². The lowest BCUT2D eigenvalue weighted by Gasteiger charge is -2.07. The highest BCUT2D eigenvalue weighted by molar-refractivity contribution is 5.94. The quantitative estimate of drug-likeness (QED) is 0.840. The Hall–Kier alpha value is -2.76. The largest absolute Gasteiger partial charge is 0.351 e. The number of hydrogen-bond acceptors (Lipinski definition) is 4. The first-order chi connectivity index (χ1) is 10.6. The Bertz CT molecular complexity index is 644. The van der Waals surface area contributed by atoms with Crippen molar-refractivity contribution < 1.29 is 9.59 Å². The molecule has 0 fully saturated rings. The second-order valence-corrected chi connectivity index (χ2v) is 4.85. The third-order valence-corrected chi connectivity index (χ3v) is 2.97. The minimum absolute atomic E-state index is 0.131. The van der Waals surface area contributed by atoms with E-state index >= 15 is 0 Å². The Labute approximate surface area is 129 Å². The molecule has 0 atom stereocenters. The molecule has 0 saturated heterocycles. The summed E-state index contributed by atoms with van der Waals surface area (Å²) in [6.45, 7) is 2.53. The van der Waals surface area contributed by atoms with Gasteiger partial charge >= 0.3 is 0 Å². The minimum atomic E-state index is -0.228. The number of amides is 2. The van der Waals surface area contributed by atoms with E-state index in [0.717, 1.165) is 11.3 Å². The molecular formula is C16H18N4O2. The van der Waals surface area contributed by atoms with E-state index in [1.54, 1.807) is 18.5 Å². The highest BCUT2D eigenvalue weighted by Gasteiger charge is 2.07. The number of rotatable bonds is 6. The van der Waals surface area contributed by atoms with Crippen molar-refractivity contribution in [1.29, 1.82) is 0 Å². The number of aryl methyl sites for hydroxylation is 1. The summed E-state index contributed by atoms with van der Waals surface area (Å²) in [6.07, 6.45) is 5.08. The number of pyridine rings is 2. The summed E-state index contributed by atoms with van der Waals surface area (Å²) in [5.41, 5.74) is 2.21. The van der Waals surface area contributed by atoms with Crippen LogP contribution in [0.5, 0.6) is 0 Å². The molecule has 0 aromatic carbocycles. The predicted octanol–water partition coefficient (Wildman–Crippen LogP) is 1.22. The van der Waals surface area contributed by atoms with E-state index in [9.17, 15) is 9.59 Å². The average Bonchev–Trinajstić information content (AvgIpc) is 2.54. The highest BCUT2D eigenvalue weighted by Crippen LogP contribution is 2.00. The molecule has 2 aromatic heterocycles. The third-order valence-electron chi connectivity index (χ3n) is 2.97. The van der Waals surface area contributed by atoms with Gasteiger partial charge in [-0.2, -0.15) is 0 Å². The highest BCUT2D eigenvalue weighted by atomic mass is 16.2. The van der Waals surface area contributed by atoms with Gasteiger partial charge in [-0.3, -0.25) is 19.6 Å². The van der Waals surface area contributed by atoms with Crippen molar-refractivity contribution in [3.05, 3.63) is 59.7 Å². The van der Waals surface area contributed by atoms with E-state index in [1.165, 1.54) is 6.20 Å². The van der Waals surface area contributed by atoms with Crippen LogP contribution in [0.25, 0.3) is 0 Å². The van der Waals surface area contributed by atoms with Crippen LogP contribution in [0.15, 0.2) is 42.9 Å². The Morgan fingerprint density at radius 1 is 1.18 bits per heavy atom. The van der Waals surface area contributed by atoms with Crippen LogP contribution in [0.2, 0.25) is 0 Å². The summed E-state index contributed by atoms with van der Waals surface area (Å²) in [4.78, 5) is 31.6. The van der Waals surface area contributed by atoms with Crippen molar-refractivity contribution in [3.63, 3.8) is 0 Å². The van der Waals surface area contributed by atoms with Crippen LogP contribution in [0.4, 0.5) is 0 Å². The molecule has 2 N–H and O–H groups in total. The summed E-state index contributed by atoms with van der Waals surface area (Å²) < 4.78 is 0. The molecule has 0 spiro atoms. The fraction of sp³-hybridized carbons (Fsp3) is 0.250.